The van der Waals surface area contributed by atoms with Crippen molar-refractivity contribution in [2.24, 2.45) is 11.8 Å². The first-order valence-corrected chi connectivity index (χ1v) is 10.3. The average Bonchev–Trinajstić information content (AvgIpc) is 2.56. The summed E-state index contributed by atoms with van der Waals surface area (Å²) in [7, 11) is 0. The molecule has 2 atom stereocenters. The highest BCUT2D eigenvalue weighted by Crippen LogP contribution is 2.32. The van der Waals surface area contributed by atoms with Crippen LogP contribution in [0.15, 0.2) is 34.8 Å². The summed E-state index contributed by atoms with van der Waals surface area (Å²) in [4.78, 5) is 15.5. The first-order valence-electron chi connectivity index (χ1n) is 9.47. The van der Waals surface area contributed by atoms with E-state index >= 15 is 0 Å². The molecule has 2 aromatic carbocycles. The molecule has 3 N–H and O–H groups in total. The van der Waals surface area contributed by atoms with Crippen LogP contribution in [-0.4, -0.2) is 19.0 Å². The van der Waals surface area contributed by atoms with Crippen LogP contribution in [0.3, 0.4) is 0 Å². The van der Waals surface area contributed by atoms with Gasteiger partial charge in [-0.1, -0.05) is 29.8 Å². The molecule has 144 valence electrons. The SMILES string of the molecule is Cc1cc(Br)cc(C)c1NC(=O)c1cc(N)ccc1N1C[C@@H](C)C[C@H](C)C1. The minimum Gasteiger partial charge on any atom is -0.399 e. The van der Waals surface area contributed by atoms with Gasteiger partial charge in [0, 0.05) is 34.6 Å². The van der Waals surface area contributed by atoms with Crippen molar-refractivity contribution in [3.8, 4) is 0 Å². The van der Waals surface area contributed by atoms with E-state index in [4.69, 9.17) is 5.73 Å². The summed E-state index contributed by atoms with van der Waals surface area (Å²) in [5.74, 6) is 1.10. The van der Waals surface area contributed by atoms with Crippen molar-refractivity contribution in [2.75, 3.05) is 29.0 Å². The number of nitrogens with one attached hydrogen (secondary N) is 1. The van der Waals surface area contributed by atoms with Crippen LogP contribution >= 0.6 is 15.9 Å². The minimum atomic E-state index is -0.114. The standard InChI is InChI=1S/C22H28BrN3O/c1-13-7-14(2)12-26(11-13)20-6-5-18(24)10-19(20)22(27)25-21-15(3)8-17(23)9-16(21)4/h5-6,8-10,13-14H,7,11-12,24H2,1-4H3,(H,25,27)/t13-,14-/m0/s1. The molecule has 0 radical (unpaired) electrons. The van der Waals surface area contributed by atoms with Gasteiger partial charge >= 0.3 is 0 Å². The molecule has 2 aromatic rings. The van der Waals surface area contributed by atoms with Crippen molar-refractivity contribution in [1.29, 1.82) is 0 Å². The third-order valence-electron chi connectivity index (χ3n) is 5.21. The number of anilines is 3. The molecule has 3 rings (SSSR count). The number of nitrogen functional groups attached to an aromatic ring is 1. The Bertz CT molecular complexity index is 832. The molecule has 0 unspecified atom stereocenters. The van der Waals surface area contributed by atoms with E-state index in [1.54, 1.807) is 6.07 Å². The summed E-state index contributed by atoms with van der Waals surface area (Å²) in [6.07, 6.45) is 1.23. The summed E-state index contributed by atoms with van der Waals surface area (Å²) in [5.41, 5.74) is 11.1. The van der Waals surface area contributed by atoms with Crippen LogP contribution in [0, 0.1) is 25.7 Å². The molecule has 1 aliphatic heterocycles. The van der Waals surface area contributed by atoms with Gasteiger partial charge in [0.1, 0.15) is 0 Å². The summed E-state index contributed by atoms with van der Waals surface area (Å²) in [5, 5.41) is 3.11. The molecular formula is C22H28BrN3O. The minimum absolute atomic E-state index is 0.114. The number of piperidine rings is 1. The van der Waals surface area contributed by atoms with Crippen molar-refractivity contribution in [3.05, 3.63) is 51.5 Å². The van der Waals surface area contributed by atoms with Crippen LogP contribution in [0.25, 0.3) is 0 Å². The van der Waals surface area contributed by atoms with Crippen molar-refractivity contribution in [3.63, 3.8) is 0 Å². The Kier molecular flexibility index (Phi) is 5.80. The Balaban J connectivity index is 1.94. The molecule has 1 aliphatic rings. The lowest BCUT2D eigenvalue weighted by atomic mass is 9.91. The first kappa shape index (κ1) is 19.7. The number of aryl methyl sites for hydroxylation is 2. The summed E-state index contributed by atoms with van der Waals surface area (Å²) >= 11 is 3.51. The smallest absolute Gasteiger partial charge is 0.257 e. The second-order valence-corrected chi connectivity index (χ2v) is 8.91. The number of nitrogens with two attached hydrogens (primary N) is 1. The number of carbonyl (C=O) groups is 1. The number of carbonyl (C=O) groups excluding carboxylic acids is 1. The molecule has 1 heterocycles. The lowest BCUT2D eigenvalue weighted by molar-refractivity contribution is 0.102. The van der Waals surface area contributed by atoms with E-state index in [0.29, 0.717) is 23.1 Å². The first-order chi connectivity index (χ1) is 12.7. The molecule has 1 saturated heterocycles. The normalized spacial score (nSPS) is 19.8. The summed E-state index contributed by atoms with van der Waals surface area (Å²) < 4.78 is 1.01. The molecule has 0 saturated carbocycles. The molecule has 1 amide bonds. The summed E-state index contributed by atoms with van der Waals surface area (Å²) in [6, 6.07) is 9.67. The number of nitrogens with zero attached hydrogens (tertiary/aromatic N) is 1. The maximum Gasteiger partial charge on any atom is 0.257 e. The molecule has 0 bridgehead atoms. The van der Waals surface area contributed by atoms with Crippen LogP contribution in [0.5, 0.6) is 0 Å². The Morgan fingerprint density at radius 3 is 2.30 bits per heavy atom. The van der Waals surface area contributed by atoms with Gasteiger partial charge in [-0.3, -0.25) is 4.79 Å². The Morgan fingerprint density at radius 2 is 1.70 bits per heavy atom. The molecule has 0 spiro atoms. The number of rotatable bonds is 3. The molecular weight excluding hydrogens is 402 g/mol. The average molecular weight is 430 g/mol. The Labute approximate surface area is 170 Å². The maximum atomic E-state index is 13.2. The summed E-state index contributed by atoms with van der Waals surface area (Å²) in [6.45, 7) is 10.5. The number of benzene rings is 2. The Hall–Kier alpha value is -2.01. The number of hydrogen-bond acceptors (Lipinski definition) is 3. The van der Waals surface area contributed by atoms with E-state index < -0.39 is 0 Å². The van der Waals surface area contributed by atoms with E-state index in [1.807, 2.05) is 38.1 Å². The second kappa shape index (κ2) is 7.93. The van der Waals surface area contributed by atoms with Crippen LogP contribution < -0.4 is 16.0 Å². The predicted molar refractivity (Wildman–Crippen MR) is 118 cm³/mol. The molecule has 0 aliphatic carbocycles. The zero-order valence-electron chi connectivity index (χ0n) is 16.5. The van der Waals surface area contributed by atoms with E-state index in [0.717, 1.165) is 40.1 Å². The zero-order chi connectivity index (χ0) is 19.7. The van der Waals surface area contributed by atoms with E-state index in [-0.39, 0.29) is 5.91 Å². The molecule has 5 heteroatoms. The Morgan fingerprint density at radius 1 is 1.11 bits per heavy atom. The molecule has 4 nitrogen and oxygen atoms in total. The van der Waals surface area contributed by atoms with Gasteiger partial charge in [-0.2, -0.15) is 0 Å². The zero-order valence-corrected chi connectivity index (χ0v) is 18.1. The van der Waals surface area contributed by atoms with Gasteiger partial charge in [0.25, 0.3) is 5.91 Å². The van der Waals surface area contributed by atoms with Crippen molar-refractivity contribution >= 4 is 38.9 Å². The lowest BCUT2D eigenvalue weighted by Gasteiger charge is -2.37. The van der Waals surface area contributed by atoms with Crippen molar-refractivity contribution in [1.82, 2.24) is 0 Å². The number of amides is 1. The molecule has 1 fully saturated rings. The largest absolute Gasteiger partial charge is 0.399 e. The number of hydrogen-bond donors (Lipinski definition) is 2. The van der Waals surface area contributed by atoms with Crippen LogP contribution in [-0.2, 0) is 0 Å². The second-order valence-electron chi connectivity index (χ2n) is 8.00. The predicted octanol–water partition coefficient (Wildman–Crippen LogP) is 5.38. The molecule has 0 aromatic heterocycles. The van der Waals surface area contributed by atoms with Crippen molar-refractivity contribution in [2.45, 2.75) is 34.1 Å². The fourth-order valence-electron chi connectivity index (χ4n) is 4.16. The van der Waals surface area contributed by atoms with Gasteiger partial charge in [0.05, 0.1) is 5.56 Å². The van der Waals surface area contributed by atoms with E-state index in [2.05, 4.69) is 40.0 Å². The molecule has 27 heavy (non-hydrogen) atoms. The third-order valence-corrected chi connectivity index (χ3v) is 5.67. The van der Waals surface area contributed by atoms with Crippen LogP contribution in [0.1, 0.15) is 41.8 Å². The highest BCUT2D eigenvalue weighted by molar-refractivity contribution is 9.10. The highest BCUT2D eigenvalue weighted by atomic mass is 79.9. The van der Waals surface area contributed by atoms with Crippen molar-refractivity contribution < 1.29 is 4.79 Å². The van der Waals surface area contributed by atoms with Gasteiger partial charge in [0.2, 0.25) is 0 Å². The van der Waals surface area contributed by atoms with Gasteiger partial charge in [-0.05, 0) is 73.6 Å². The maximum absolute atomic E-state index is 13.2. The van der Waals surface area contributed by atoms with Crippen LogP contribution in [0.4, 0.5) is 17.1 Å². The topological polar surface area (TPSA) is 58.4 Å². The van der Waals surface area contributed by atoms with Gasteiger partial charge in [0.15, 0.2) is 0 Å². The number of halogens is 1. The fourth-order valence-corrected chi connectivity index (χ4v) is 4.85. The lowest BCUT2D eigenvalue weighted by Crippen LogP contribution is -2.39. The van der Waals surface area contributed by atoms with Crippen LogP contribution in [0.2, 0.25) is 0 Å². The highest BCUT2D eigenvalue weighted by Gasteiger charge is 2.25. The van der Waals surface area contributed by atoms with Gasteiger partial charge < -0.3 is 16.0 Å². The fraction of sp³-hybridized carbons (Fsp3) is 0.409. The monoisotopic (exact) mass is 429 g/mol. The quantitative estimate of drug-likeness (QED) is 0.643. The van der Waals surface area contributed by atoms with Gasteiger partial charge in [-0.25, -0.2) is 0 Å². The van der Waals surface area contributed by atoms with E-state index in [9.17, 15) is 4.79 Å². The third kappa shape index (κ3) is 4.46. The van der Waals surface area contributed by atoms with E-state index in [1.165, 1.54) is 6.42 Å². The van der Waals surface area contributed by atoms with Gasteiger partial charge in [-0.15, -0.1) is 0 Å².